The van der Waals surface area contributed by atoms with Crippen LogP contribution in [-0.4, -0.2) is 92.3 Å². The number of nitrogens with one attached hydrogen (secondary N) is 2. The quantitative estimate of drug-likeness (QED) is 0.0435. The van der Waals surface area contributed by atoms with Crippen LogP contribution in [0.15, 0.2) is 104 Å². The van der Waals surface area contributed by atoms with Gasteiger partial charge >= 0.3 is 29.5 Å². The molecule has 0 radical (unpaired) electrons. The average Bonchev–Trinajstić information content (AvgIpc) is 3.54. The Bertz CT molecular complexity index is 3000. The number of hydrogen-bond acceptors (Lipinski definition) is 16. The maximum Gasteiger partial charge on any atom is 0.352 e. The minimum absolute atomic E-state index is 0.0151. The van der Waals surface area contributed by atoms with E-state index in [0.29, 0.717) is 27.4 Å². The fourth-order valence-electron chi connectivity index (χ4n) is 8.28. The number of benzene rings is 3. The number of phenolic OH excluding ortho intramolecular Hbond substituents is 1. The number of phenols is 1. The predicted octanol–water partition coefficient (Wildman–Crippen LogP) is 4.15. The molecule has 21 heteroatoms. The van der Waals surface area contributed by atoms with Gasteiger partial charge in [0.2, 0.25) is 5.91 Å². The fraction of sp³-hybridized carbons (Fsp3) is 0.227. The molecule has 1 saturated heterocycles. The van der Waals surface area contributed by atoms with Crippen LogP contribution < -0.4 is 25.7 Å². The van der Waals surface area contributed by atoms with Crippen molar-refractivity contribution in [1.82, 2.24) is 15.5 Å². The number of ether oxygens (including phenoxy) is 4. The van der Waals surface area contributed by atoms with Crippen LogP contribution in [0.2, 0.25) is 5.02 Å². The molecule has 5 atom stereocenters. The number of carbonyl (C=O) groups excluding carboxylic acids is 6. The van der Waals surface area contributed by atoms with Crippen molar-refractivity contribution in [2.24, 2.45) is 5.92 Å². The summed E-state index contributed by atoms with van der Waals surface area (Å²) in [6.07, 6.45) is 4.26. The summed E-state index contributed by atoms with van der Waals surface area (Å²) in [4.78, 5) is 103. The summed E-state index contributed by atoms with van der Waals surface area (Å²) in [6.45, 7) is 1.90. The summed E-state index contributed by atoms with van der Waals surface area (Å²) in [6, 6.07) is 12.4. The number of β-lactam (4-membered cyclic amide) rings is 1. The monoisotopic (exact) mass is 941 g/mol. The van der Waals surface area contributed by atoms with Crippen LogP contribution in [-0.2, 0) is 39.0 Å². The van der Waals surface area contributed by atoms with Gasteiger partial charge < -0.3 is 44.2 Å². The van der Waals surface area contributed by atoms with Crippen molar-refractivity contribution >= 4 is 87.7 Å². The van der Waals surface area contributed by atoms with E-state index >= 15 is 0 Å². The molecule has 0 bridgehead atoms. The number of nitrogens with zero attached hydrogens (tertiary/aromatic N) is 1. The summed E-state index contributed by atoms with van der Waals surface area (Å²) in [5, 5.41) is 24.3. The van der Waals surface area contributed by atoms with Gasteiger partial charge in [-0.05, 0) is 54.1 Å². The molecule has 65 heavy (non-hydrogen) atoms. The number of aromatic hydroxyl groups is 1. The molecule has 4 aromatic rings. The van der Waals surface area contributed by atoms with Crippen LogP contribution in [0.1, 0.15) is 45.7 Å². The number of carboxylic acids is 1. The highest BCUT2D eigenvalue weighted by Crippen LogP contribution is 2.57. The van der Waals surface area contributed by atoms with Crippen molar-refractivity contribution in [2.75, 3.05) is 18.1 Å². The molecule has 1 aromatic heterocycles. The number of aliphatic carboxylic acids is 1. The first-order valence-corrected chi connectivity index (χ1v) is 22.0. The highest BCUT2D eigenvalue weighted by atomic mass is 35.5. The van der Waals surface area contributed by atoms with Gasteiger partial charge in [0.05, 0.1) is 23.0 Å². The first-order chi connectivity index (χ1) is 31.0. The van der Waals surface area contributed by atoms with Crippen LogP contribution in [0.3, 0.4) is 0 Å². The molecule has 3 aromatic carbocycles. The number of carboxylic acid groups (broad SMARTS) is 1. The van der Waals surface area contributed by atoms with E-state index in [-0.39, 0.29) is 56.0 Å². The highest BCUT2D eigenvalue weighted by molar-refractivity contribution is 8.01. The van der Waals surface area contributed by atoms with Gasteiger partial charge in [0, 0.05) is 58.9 Å². The highest BCUT2D eigenvalue weighted by Gasteiger charge is 2.58. The predicted molar refractivity (Wildman–Crippen MR) is 229 cm³/mol. The van der Waals surface area contributed by atoms with E-state index in [1.807, 2.05) is 0 Å². The Morgan fingerprint density at radius 3 is 2.54 bits per heavy atom. The zero-order valence-electron chi connectivity index (χ0n) is 33.7. The van der Waals surface area contributed by atoms with Crippen molar-refractivity contribution in [3.8, 4) is 17.2 Å². The first-order valence-electron chi connectivity index (χ1n) is 19.5. The molecule has 4 aliphatic heterocycles. The zero-order chi connectivity index (χ0) is 46.1. The maximum atomic E-state index is 13.8. The number of halogens is 1. The topological polar surface area (TPSA) is 254 Å². The Hall–Kier alpha value is -7.03. The van der Waals surface area contributed by atoms with E-state index in [0.717, 1.165) is 11.0 Å². The molecule has 5 aliphatic rings. The smallest absolute Gasteiger partial charge is 0.352 e. The molecule has 5 heterocycles. The molecule has 9 rings (SSSR count). The van der Waals surface area contributed by atoms with Gasteiger partial charge in [0.15, 0.2) is 5.60 Å². The van der Waals surface area contributed by atoms with E-state index in [4.69, 9.17) is 35.0 Å². The molecule has 0 saturated carbocycles. The number of esters is 3. The van der Waals surface area contributed by atoms with Crippen molar-refractivity contribution < 1.29 is 67.1 Å². The molecule has 1 spiro atoms. The summed E-state index contributed by atoms with van der Waals surface area (Å²) < 4.78 is 28.3. The Balaban J connectivity index is 0.896. The van der Waals surface area contributed by atoms with E-state index in [2.05, 4.69) is 10.6 Å². The molecule has 1 aliphatic carbocycles. The van der Waals surface area contributed by atoms with E-state index in [1.54, 1.807) is 48.6 Å². The van der Waals surface area contributed by atoms with E-state index in [9.17, 15) is 48.6 Å². The molecule has 3 amide bonds. The average molecular weight is 942 g/mol. The van der Waals surface area contributed by atoms with Crippen molar-refractivity contribution in [1.29, 1.82) is 0 Å². The van der Waals surface area contributed by atoms with E-state index in [1.165, 1.54) is 55.6 Å². The lowest BCUT2D eigenvalue weighted by molar-refractivity contribution is -0.150. The second-order valence-electron chi connectivity index (χ2n) is 15.2. The third-order valence-electron chi connectivity index (χ3n) is 11.0. The van der Waals surface area contributed by atoms with Crippen LogP contribution in [0.4, 0.5) is 0 Å². The third-order valence-corrected chi connectivity index (χ3v) is 13.7. The number of hydrogen-bond donors (Lipinski definition) is 4. The van der Waals surface area contributed by atoms with Crippen LogP contribution in [0.5, 0.6) is 17.2 Å². The Kier molecular flexibility index (Phi) is 11.0. The largest absolute Gasteiger partial charge is 0.506 e. The van der Waals surface area contributed by atoms with Crippen molar-refractivity contribution in [2.45, 2.75) is 41.9 Å². The van der Waals surface area contributed by atoms with Gasteiger partial charge in [-0.1, -0.05) is 23.7 Å². The number of amides is 3. The van der Waals surface area contributed by atoms with Crippen molar-refractivity contribution in [3.63, 3.8) is 0 Å². The second-order valence-corrected chi connectivity index (χ2v) is 17.7. The summed E-state index contributed by atoms with van der Waals surface area (Å²) in [5.74, 6) is -5.37. The van der Waals surface area contributed by atoms with Crippen molar-refractivity contribution in [3.05, 3.63) is 128 Å². The third kappa shape index (κ3) is 7.65. The normalized spacial score (nSPS) is 22.3. The zero-order valence-corrected chi connectivity index (χ0v) is 36.1. The van der Waals surface area contributed by atoms with Gasteiger partial charge in [-0.15, -0.1) is 23.5 Å². The summed E-state index contributed by atoms with van der Waals surface area (Å²) in [5.41, 5.74) is -1.49. The number of carbonyl (C=O) groups is 7. The van der Waals surface area contributed by atoms with Crippen LogP contribution in [0.25, 0.3) is 11.0 Å². The van der Waals surface area contributed by atoms with Gasteiger partial charge in [0.25, 0.3) is 11.8 Å². The molecule has 1 fully saturated rings. The van der Waals surface area contributed by atoms with Gasteiger partial charge in [-0.25, -0.2) is 14.4 Å². The van der Waals surface area contributed by atoms with Gasteiger partial charge in [-0.2, -0.15) is 0 Å². The van der Waals surface area contributed by atoms with Crippen LogP contribution in [0, 0.1) is 5.92 Å². The van der Waals surface area contributed by atoms with E-state index < -0.39 is 88.4 Å². The summed E-state index contributed by atoms with van der Waals surface area (Å²) in [7, 11) is 0. The standard InChI is InChI=1S/C44H32ClN3O15S2/c1-18(49)59-22-3-6-28-33(11-22)61-34-12-23(60-19(2)50)4-7-29(34)44(28)27-8-5-24(13-25(27)43(58)63-44)64-16-21-17-65-40-36(39(54)48(40)37(21)41(55)56)47-35(52)15-46-38(53)26-9-20-10-30(45)31(51)14-32(20)62-42(26)57/h3-14,22,28,36,40,51H,15-17H2,1-2H3,(H,46,53)(H,47,52)(H,55,56). The molecule has 18 nitrogen and oxygen atoms in total. The number of rotatable bonds is 10. The summed E-state index contributed by atoms with van der Waals surface area (Å²) >= 11 is 8.41. The number of thioether (sulfide) groups is 2. The lowest BCUT2D eigenvalue weighted by Gasteiger charge is -2.49. The SMILES string of the molecule is CC(=O)Oc1ccc2c(c1)OC1=CC(OC(C)=O)C=CC1C21OC(=O)c2cc(SCC3=C(C(=O)O)N4C(=O)C(NC(=O)CNC(=O)c5cc6cc(Cl)c(O)cc6oc5=O)C4SC3)ccc21. The Morgan fingerprint density at radius 1 is 1.00 bits per heavy atom. The lowest BCUT2D eigenvalue weighted by Crippen LogP contribution is -2.71. The molecule has 4 N–H and O–H groups in total. The molecular weight excluding hydrogens is 910 g/mol. The molecular formula is C44H32ClN3O15S2. The Labute approximate surface area is 379 Å². The number of fused-ring (bicyclic) bond motifs is 8. The lowest BCUT2D eigenvalue weighted by atomic mass is 9.71. The maximum absolute atomic E-state index is 13.8. The fourth-order valence-corrected chi connectivity index (χ4v) is 10.9. The van der Waals surface area contributed by atoms with Gasteiger partial charge in [0.1, 0.15) is 57.4 Å². The molecule has 332 valence electrons. The van der Waals surface area contributed by atoms with Gasteiger partial charge in [-0.3, -0.25) is 28.9 Å². The second kappa shape index (κ2) is 16.5. The minimum Gasteiger partial charge on any atom is -0.506 e. The molecule has 5 unspecified atom stereocenters. The Morgan fingerprint density at radius 2 is 1.78 bits per heavy atom. The minimum atomic E-state index is -1.43. The van der Waals surface area contributed by atoms with Crippen LogP contribution >= 0.6 is 35.1 Å². The first kappa shape index (κ1) is 43.2.